The number of alkyl halides is 1. The van der Waals surface area contributed by atoms with E-state index in [0.717, 1.165) is 5.56 Å². The Balaban J connectivity index is 2.17. The SMILES string of the molecule is CC(CCl)(NCc1cc(Cl)ccc1F)c1ccccc1. The van der Waals surface area contributed by atoms with Crippen LogP contribution in [0.1, 0.15) is 18.1 Å². The van der Waals surface area contributed by atoms with Gasteiger partial charge >= 0.3 is 0 Å². The van der Waals surface area contributed by atoms with Crippen LogP contribution < -0.4 is 5.32 Å². The van der Waals surface area contributed by atoms with Crippen molar-refractivity contribution in [1.29, 1.82) is 0 Å². The lowest BCUT2D eigenvalue weighted by atomic mass is 9.94. The average Bonchev–Trinajstić information content (AvgIpc) is 2.49. The Morgan fingerprint density at radius 1 is 1.15 bits per heavy atom. The van der Waals surface area contributed by atoms with E-state index in [4.69, 9.17) is 23.2 Å². The Morgan fingerprint density at radius 3 is 2.50 bits per heavy atom. The highest BCUT2D eigenvalue weighted by molar-refractivity contribution is 6.30. The van der Waals surface area contributed by atoms with E-state index in [1.165, 1.54) is 6.07 Å². The van der Waals surface area contributed by atoms with Gasteiger partial charge in [0.15, 0.2) is 0 Å². The van der Waals surface area contributed by atoms with Gasteiger partial charge < -0.3 is 5.32 Å². The number of halogens is 3. The fourth-order valence-electron chi connectivity index (χ4n) is 2.00. The normalized spacial score (nSPS) is 14.0. The van der Waals surface area contributed by atoms with Crippen molar-refractivity contribution in [2.45, 2.75) is 19.0 Å². The Kier molecular flexibility index (Phi) is 5.03. The predicted molar refractivity (Wildman–Crippen MR) is 82.8 cm³/mol. The van der Waals surface area contributed by atoms with Crippen molar-refractivity contribution in [3.8, 4) is 0 Å². The fourth-order valence-corrected chi connectivity index (χ4v) is 2.45. The highest BCUT2D eigenvalue weighted by atomic mass is 35.5. The van der Waals surface area contributed by atoms with E-state index in [-0.39, 0.29) is 5.82 Å². The molecule has 2 rings (SSSR count). The summed E-state index contributed by atoms with van der Waals surface area (Å²) in [5.41, 5.74) is 1.18. The monoisotopic (exact) mass is 311 g/mol. The molecule has 2 aromatic carbocycles. The van der Waals surface area contributed by atoms with E-state index < -0.39 is 5.54 Å². The Morgan fingerprint density at radius 2 is 1.85 bits per heavy atom. The van der Waals surface area contributed by atoms with Gasteiger partial charge in [0.05, 0.1) is 5.54 Å². The first-order valence-electron chi connectivity index (χ1n) is 6.35. The molecule has 1 nitrogen and oxygen atoms in total. The van der Waals surface area contributed by atoms with Gasteiger partial charge in [-0.15, -0.1) is 11.6 Å². The third kappa shape index (κ3) is 3.51. The smallest absolute Gasteiger partial charge is 0.127 e. The van der Waals surface area contributed by atoms with Gasteiger partial charge in [0, 0.05) is 23.0 Å². The van der Waals surface area contributed by atoms with Crippen molar-refractivity contribution in [1.82, 2.24) is 5.32 Å². The molecular formula is C16H16Cl2FN. The average molecular weight is 312 g/mol. The van der Waals surface area contributed by atoms with Crippen LogP contribution in [-0.4, -0.2) is 5.88 Å². The summed E-state index contributed by atoms with van der Waals surface area (Å²) in [5.74, 6) is 0.117. The molecule has 0 aromatic heterocycles. The summed E-state index contributed by atoms with van der Waals surface area (Å²) in [6.45, 7) is 2.36. The first-order chi connectivity index (χ1) is 9.55. The molecule has 1 N–H and O–H groups in total. The molecule has 0 aliphatic carbocycles. The predicted octanol–water partition coefficient (Wildman–Crippen LogP) is 4.72. The molecule has 4 heteroatoms. The second kappa shape index (κ2) is 6.57. The minimum Gasteiger partial charge on any atom is -0.302 e. The van der Waals surface area contributed by atoms with Crippen molar-refractivity contribution in [2.75, 3.05) is 5.88 Å². The summed E-state index contributed by atoms with van der Waals surface area (Å²) in [5, 5.41) is 3.84. The second-order valence-corrected chi connectivity index (χ2v) is 5.62. The number of hydrogen-bond acceptors (Lipinski definition) is 1. The van der Waals surface area contributed by atoms with Gasteiger partial charge in [-0.3, -0.25) is 0 Å². The lowest BCUT2D eigenvalue weighted by Gasteiger charge is -2.29. The minimum atomic E-state index is -0.419. The molecule has 0 aliphatic heterocycles. The third-order valence-electron chi connectivity index (χ3n) is 3.35. The van der Waals surface area contributed by atoms with Crippen LogP contribution in [0.15, 0.2) is 48.5 Å². The highest BCUT2D eigenvalue weighted by Crippen LogP contribution is 2.23. The fraction of sp³-hybridized carbons (Fsp3) is 0.250. The number of benzene rings is 2. The van der Waals surface area contributed by atoms with Gasteiger partial charge in [-0.25, -0.2) is 4.39 Å². The first kappa shape index (κ1) is 15.3. The Bertz CT molecular complexity index is 574. The van der Waals surface area contributed by atoms with Crippen LogP contribution in [0.5, 0.6) is 0 Å². The maximum Gasteiger partial charge on any atom is 0.127 e. The van der Waals surface area contributed by atoms with E-state index >= 15 is 0 Å². The van der Waals surface area contributed by atoms with E-state index in [1.807, 2.05) is 37.3 Å². The van der Waals surface area contributed by atoms with E-state index in [1.54, 1.807) is 12.1 Å². The molecule has 0 bridgehead atoms. The molecule has 1 atom stereocenters. The molecular weight excluding hydrogens is 296 g/mol. The molecule has 1 unspecified atom stereocenters. The molecule has 0 heterocycles. The Labute approximate surface area is 128 Å². The number of rotatable bonds is 5. The molecule has 106 valence electrons. The van der Waals surface area contributed by atoms with E-state index in [2.05, 4.69) is 5.32 Å². The third-order valence-corrected chi connectivity index (χ3v) is 4.12. The quantitative estimate of drug-likeness (QED) is 0.788. The van der Waals surface area contributed by atoms with E-state index in [0.29, 0.717) is 23.0 Å². The zero-order chi connectivity index (χ0) is 14.6. The zero-order valence-electron chi connectivity index (χ0n) is 11.2. The first-order valence-corrected chi connectivity index (χ1v) is 7.27. The maximum atomic E-state index is 13.7. The van der Waals surface area contributed by atoms with Gasteiger partial charge in [0.25, 0.3) is 0 Å². The largest absolute Gasteiger partial charge is 0.302 e. The molecule has 2 aromatic rings. The zero-order valence-corrected chi connectivity index (χ0v) is 12.7. The minimum absolute atomic E-state index is 0.271. The number of hydrogen-bond donors (Lipinski definition) is 1. The second-order valence-electron chi connectivity index (χ2n) is 4.92. The molecule has 0 fully saturated rings. The van der Waals surface area contributed by atoms with Crippen molar-refractivity contribution in [3.05, 3.63) is 70.5 Å². The van der Waals surface area contributed by atoms with Gasteiger partial charge in [-0.1, -0.05) is 41.9 Å². The summed E-state index contributed by atoms with van der Waals surface area (Å²) in [4.78, 5) is 0. The molecule has 0 amide bonds. The van der Waals surface area contributed by atoms with Gasteiger partial charge in [-0.05, 0) is 30.7 Å². The summed E-state index contributed by atoms with van der Waals surface area (Å²) >= 11 is 12.0. The molecule has 0 radical (unpaired) electrons. The summed E-state index contributed by atoms with van der Waals surface area (Å²) in [6.07, 6.45) is 0. The maximum absolute atomic E-state index is 13.7. The molecule has 0 spiro atoms. The Hall–Kier alpha value is -1.09. The van der Waals surface area contributed by atoms with Gasteiger partial charge in [0.2, 0.25) is 0 Å². The summed E-state index contributed by atoms with van der Waals surface area (Å²) in [7, 11) is 0. The van der Waals surface area contributed by atoms with Crippen LogP contribution in [-0.2, 0) is 12.1 Å². The van der Waals surface area contributed by atoms with Gasteiger partial charge in [0.1, 0.15) is 5.82 Å². The lowest BCUT2D eigenvalue weighted by Crippen LogP contribution is -2.41. The van der Waals surface area contributed by atoms with Crippen LogP contribution in [0, 0.1) is 5.82 Å². The van der Waals surface area contributed by atoms with Crippen LogP contribution in [0.4, 0.5) is 4.39 Å². The lowest BCUT2D eigenvalue weighted by molar-refractivity contribution is 0.402. The van der Waals surface area contributed by atoms with Crippen LogP contribution in [0.25, 0.3) is 0 Å². The van der Waals surface area contributed by atoms with Crippen molar-refractivity contribution in [3.63, 3.8) is 0 Å². The standard InChI is InChI=1S/C16H16Cl2FN/c1-16(11-17,13-5-3-2-4-6-13)20-10-12-9-14(18)7-8-15(12)19/h2-9,20H,10-11H2,1H3. The van der Waals surface area contributed by atoms with Crippen molar-refractivity contribution in [2.24, 2.45) is 0 Å². The highest BCUT2D eigenvalue weighted by Gasteiger charge is 2.25. The van der Waals surface area contributed by atoms with Crippen molar-refractivity contribution >= 4 is 23.2 Å². The molecule has 0 saturated heterocycles. The van der Waals surface area contributed by atoms with Crippen molar-refractivity contribution < 1.29 is 4.39 Å². The summed E-state index contributed by atoms with van der Waals surface area (Å²) < 4.78 is 13.7. The van der Waals surface area contributed by atoms with Crippen LogP contribution >= 0.6 is 23.2 Å². The molecule has 0 saturated carbocycles. The van der Waals surface area contributed by atoms with Gasteiger partial charge in [-0.2, -0.15) is 0 Å². The number of nitrogens with one attached hydrogen (secondary N) is 1. The van der Waals surface area contributed by atoms with E-state index in [9.17, 15) is 4.39 Å². The summed E-state index contributed by atoms with van der Waals surface area (Å²) in [6, 6.07) is 14.4. The topological polar surface area (TPSA) is 12.0 Å². The molecule has 0 aliphatic rings. The van der Waals surface area contributed by atoms with Crippen LogP contribution in [0.2, 0.25) is 5.02 Å². The molecule has 20 heavy (non-hydrogen) atoms. The van der Waals surface area contributed by atoms with Crippen LogP contribution in [0.3, 0.4) is 0 Å².